The van der Waals surface area contributed by atoms with Crippen LogP contribution in [0.1, 0.15) is 21.6 Å². The molecule has 5 nitrogen and oxygen atoms in total. The van der Waals surface area contributed by atoms with Crippen molar-refractivity contribution in [3.05, 3.63) is 82.9 Å². The molecule has 25 heavy (non-hydrogen) atoms. The Balaban J connectivity index is 1.61. The number of nitrogens with one attached hydrogen (secondary N) is 2. The Morgan fingerprint density at radius 1 is 1.12 bits per heavy atom. The number of amides is 1. The third-order valence-corrected chi connectivity index (χ3v) is 4.04. The first-order valence-electron chi connectivity index (χ1n) is 7.78. The van der Waals surface area contributed by atoms with Crippen molar-refractivity contribution in [2.24, 2.45) is 0 Å². The molecule has 0 saturated heterocycles. The second-order valence-corrected chi connectivity index (χ2v) is 5.97. The maximum absolute atomic E-state index is 12.1. The predicted octanol–water partition coefficient (Wildman–Crippen LogP) is 4.11. The van der Waals surface area contributed by atoms with E-state index in [1.165, 1.54) is 0 Å². The second kappa shape index (κ2) is 7.77. The number of carbonyl (C=O) groups excluding carboxylic acids is 1. The first-order valence-corrected chi connectivity index (χ1v) is 8.16. The number of carbonyl (C=O) groups is 1. The van der Waals surface area contributed by atoms with Gasteiger partial charge >= 0.3 is 0 Å². The highest BCUT2D eigenvalue weighted by molar-refractivity contribution is 6.31. The average Bonchev–Trinajstić information content (AvgIpc) is 2.64. The molecule has 0 atom stereocenters. The second-order valence-electron chi connectivity index (χ2n) is 5.57. The Kier molecular flexibility index (Phi) is 5.26. The molecule has 6 heteroatoms. The third-order valence-electron chi connectivity index (χ3n) is 3.63. The zero-order chi connectivity index (χ0) is 17.6. The molecule has 2 aromatic heterocycles. The number of benzene rings is 1. The number of aromatic nitrogens is 2. The van der Waals surface area contributed by atoms with Crippen molar-refractivity contribution in [3.8, 4) is 0 Å². The number of hydrogen-bond acceptors (Lipinski definition) is 4. The molecule has 0 radical (unpaired) electrons. The van der Waals surface area contributed by atoms with Crippen molar-refractivity contribution in [2.75, 3.05) is 5.32 Å². The molecule has 0 aliphatic rings. The van der Waals surface area contributed by atoms with Gasteiger partial charge in [-0.25, -0.2) is 4.98 Å². The van der Waals surface area contributed by atoms with Gasteiger partial charge in [-0.3, -0.25) is 9.78 Å². The Hall–Kier alpha value is -2.92. The van der Waals surface area contributed by atoms with Crippen LogP contribution in [0.4, 0.5) is 11.4 Å². The maximum atomic E-state index is 12.1. The van der Waals surface area contributed by atoms with E-state index in [1.807, 2.05) is 37.3 Å². The van der Waals surface area contributed by atoms with Gasteiger partial charge in [-0.05, 0) is 48.4 Å². The Morgan fingerprint density at radius 3 is 2.64 bits per heavy atom. The third kappa shape index (κ3) is 4.55. The lowest BCUT2D eigenvalue weighted by Crippen LogP contribution is -2.23. The van der Waals surface area contributed by atoms with Gasteiger partial charge in [0, 0.05) is 29.6 Å². The van der Waals surface area contributed by atoms with Crippen LogP contribution in [0.2, 0.25) is 5.02 Å². The number of halogens is 1. The molecule has 1 amide bonds. The van der Waals surface area contributed by atoms with Crippen molar-refractivity contribution < 1.29 is 4.79 Å². The highest BCUT2D eigenvalue weighted by atomic mass is 35.5. The predicted molar refractivity (Wildman–Crippen MR) is 99.1 cm³/mol. The first kappa shape index (κ1) is 16.9. The van der Waals surface area contributed by atoms with E-state index < -0.39 is 0 Å². The molecule has 0 saturated carbocycles. The standard InChI is InChI=1S/C19H17ClN4O/c1-13-4-5-15(9-17(13)20)24-16-6-7-18(22-12-16)19(25)23-11-14-3-2-8-21-10-14/h2-10,12,24H,11H2,1H3,(H,23,25). The zero-order valence-electron chi connectivity index (χ0n) is 13.7. The molecule has 2 heterocycles. The molecule has 0 unspecified atom stereocenters. The van der Waals surface area contributed by atoms with E-state index in [0.717, 1.165) is 22.5 Å². The number of pyridine rings is 2. The molecule has 0 aliphatic carbocycles. The number of hydrogen-bond donors (Lipinski definition) is 2. The van der Waals surface area contributed by atoms with Gasteiger partial charge in [0.2, 0.25) is 0 Å². The number of nitrogens with zero attached hydrogens (tertiary/aromatic N) is 2. The normalized spacial score (nSPS) is 10.3. The topological polar surface area (TPSA) is 66.9 Å². The minimum atomic E-state index is -0.228. The first-order chi connectivity index (χ1) is 12.1. The van der Waals surface area contributed by atoms with Gasteiger partial charge in [0.05, 0.1) is 11.9 Å². The fourth-order valence-corrected chi connectivity index (χ4v) is 2.40. The van der Waals surface area contributed by atoms with Crippen LogP contribution >= 0.6 is 11.6 Å². The van der Waals surface area contributed by atoms with E-state index in [2.05, 4.69) is 20.6 Å². The summed E-state index contributed by atoms with van der Waals surface area (Å²) in [6.45, 7) is 2.36. The van der Waals surface area contributed by atoms with Gasteiger partial charge in [-0.15, -0.1) is 0 Å². The minimum absolute atomic E-state index is 0.228. The highest BCUT2D eigenvalue weighted by Crippen LogP contribution is 2.22. The summed E-state index contributed by atoms with van der Waals surface area (Å²) >= 11 is 6.12. The van der Waals surface area contributed by atoms with Crippen molar-refractivity contribution in [1.82, 2.24) is 15.3 Å². The van der Waals surface area contributed by atoms with Crippen molar-refractivity contribution >= 4 is 28.9 Å². The van der Waals surface area contributed by atoms with Crippen molar-refractivity contribution in [1.29, 1.82) is 0 Å². The quantitative estimate of drug-likeness (QED) is 0.725. The Bertz CT molecular complexity index is 866. The molecule has 0 aliphatic heterocycles. The highest BCUT2D eigenvalue weighted by Gasteiger charge is 2.07. The van der Waals surface area contributed by atoms with E-state index in [1.54, 1.807) is 30.7 Å². The SMILES string of the molecule is Cc1ccc(Nc2ccc(C(=O)NCc3cccnc3)nc2)cc1Cl. The summed E-state index contributed by atoms with van der Waals surface area (Å²) in [5, 5.41) is 6.73. The Labute approximate surface area is 151 Å². The van der Waals surface area contributed by atoms with E-state index in [-0.39, 0.29) is 5.91 Å². The molecule has 126 valence electrons. The summed E-state index contributed by atoms with van der Waals surface area (Å²) in [7, 11) is 0. The van der Waals surface area contributed by atoms with Gasteiger partial charge < -0.3 is 10.6 Å². The summed E-state index contributed by atoms with van der Waals surface area (Å²) in [5.74, 6) is -0.228. The van der Waals surface area contributed by atoms with Crippen LogP contribution in [0.5, 0.6) is 0 Å². The lowest BCUT2D eigenvalue weighted by molar-refractivity contribution is 0.0946. The largest absolute Gasteiger partial charge is 0.354 e. The molecule has 2 N–H and O–H groups in total. The van der Waals surface area contributed by atoms with Crippen LogP contribution in [0, 0.1) is 6.92 Å². The summed E-state index contributed by atoms with van der Waals surface area (Å²) < 4.78 is 0. The van der Waals surface area contributed by atoms with E-state index in [0.29, 0.717) is 17.3 Å². The molecule has 0 spiro atoms. The van der Waals surface area contributed by atoms with E-state index >= 15 is 0 Å². The van der Waals surface area contributed by atoms with Crippen LogP contribution in [0.15, 0.2) is 61.1 Å². The molecule has 3 rings (SSSR count). The lowest BCUT2D eigenvalue weighted by Gasteiger charge is -2.09. The molecule has 0 bridgehead atoms. The van der Waals surface area contributed by atoms with Gasteiger partial charge in [0.15, 0.2) is 0 Å². The van der Waals surface area contributed by atoms with Crippen LogP contribution in [-0.4, -0.2) is 15.9 Å². The molecular weight excluding hydrogens is 336 g/mol. The van der Waals surface area contributed by atoms with Gasteiger partial charge in [-0.2, -0.15) is 0 Å². The summed E-state index contributed by atoms with van der Waals surface area (Å²) in [6.07, 6.45) is 5.03. The Morgan fingerprint density at radius 2 is 1.96 bits per heavy atom. The van der Waals surface area contributed by atoms with Crippen LogP contribution in [-0.2, 0) is 6.54 Å². The van der Waals surface area contributed by atoms with Gasteiger partial charge in [0.25, 0.3) is 5.91 Å². The average molecular weight is 353 g/mol. The molecule has 0 fully saturated rings. The summed E-state index contributed by atoms with van der Waals surface area (Å²) in [4.78, 5) is 20.4. The summed E-state index contributed by atoms with van der Waals surface area (Å²) in [5.41, 5.74) is 3.96. The van der Waals surface area contributed by atoms with E-state index in [4.69, 9.17) is 11.6 Å². The maximum Gasteiger partial charge on any atom is 0.270 e. The molecular formula is C19H17ClN4O. The lowest BCUT2D eigenvalue weighted by atomic mass is 10.2. The van der Waals surface area contributed by atoms with Gasteiger partial charge in [-0.1, -0.05) is 23.7 Å². The smallest absolute Gasteiger partial charge is 0.270 e. The van der Waals surface area contributed by atoms with Crippen LogP contribution < -0.4 is 10.6 Å². The van der Waals surface area contributed by atoms with E-state index in [9.17, 15) is 4.79 Å². The minimum Gasteiger partial charge on any atom is -0.354 e. The fraction of sp³-hybridized carbons (Fsp3) is 0.105. The number of anilines is 2. The molecule has 3 aromatic rings. The van der Waals surface area contributed by atoms with Crippen LogP contribution in [0.3, 0.4) is 0 Å². The van der Waals surface area contributed by atoms with Crippen LogP contribution in [0.25, 0.3) is 0 Å². The van der Waals surface area contributed by atoms with Crippen molar-refractivity contribution in [2.45, 2.75) is 13.5 Å². The number of rotatable bonds is 5. The monoisotopic (exact) mass is 352 g/mol. The van der Waals surface area contributed by atoms with Gasteiger partial charge in [0.1, 0.15) is 5.69 Å². The fourth-order valence-electron chi connectivity index (χ4n) is 2.21. The zero-order valence-corrected chi connectivity index (χ0v) is 14.4. The molecule has 1 aromatic carbocycles. The summed E-state index contributed by atoms with van der Waals surface area (Å²) in [6, 6.07) is 13.0. The number of aryl methyl sites for hydroxylation is 1. The van der Waals surface area contributed by atoms with Crippen molar-refractivity contribution in [3.63, 3.8) is 0 Å².